The second-order valence-corrected chi connectivity index (χ2v) is 5.65. The quantitative estimate of drug-likeness (QED) is 0.537. The largest absolute Gasteiger partial charge is 0.379 e. The van der Waals surface area contributed by atoms with E-state index < -0.39 is 0 Å². The Hall–Kier alpha value is -0.160. The molecule has 1 aliphatic heterocycles. The average Bonchev–Trinajstić information content (AvgIpc) is 3.10. The van der Waals surface area contributed by atoms with Crippen LogP contribution in [0.15, 0.2) is 0 Å². The molecule has 1 saturated carbocycles. The lowest BCUT2D eigenvalue weighted by Crippen LogP contribution is -2.61. The molecule has 1 unspecified atom stereocenters. The third kappa shape index (κ3) is 2.74. The van der Waals surface area contributed by atoms with Gasteiger partial charge in [-0.25, -0.2) is 0 Å². The summed E-state index contributed by atoms with van der Waals surface area (Å²) in [5.74, 6) is 6.64. The molecule has 2 rings (SSSR count). The lowest BCUT2D eigenvalue weighted by molar-refractivity contribution is -0.0250. The molecule has 0 bridgehead atoms. The van der Waals surface area contributed by atoms with Gasteiger partial charge < -0.3 is 4.74 Å². The van der Waals surface area contributed by atoms with Crippen LogP contribution in [0.1, 0.15) is 33.1 Å². The summed E-state index contributed by atoms with van der Waals surface area (Å²) in [6.45, 7) is 8.34. The minimum absolute atomic E-state index is 0.126. The first kappa shape index (κ1) is 12.3. The van der Waals surface area contributed by atoms with Crippen LogP contribution in [0, 0.1) is 5.92 Å². The monoisotopic (exact) mass is 227 g/mol. The third-order valence-corrected chi connectivity index (χ3v) is 4.15. The SMILES string of the molecule is CC(C)(C(CC1CC1)NN)N1CCOCC1. The molecule has 0 spiro atoms. The van der Waals surface area contributed by atoms with Gasteiger partial charge >= 0.3 is 0 Å². The summed E-state index contributed by atoms with van der Waals surface area (Å²) in [7, 11) is 0. The topological polar surface area (TPSA) is 50.5 Å². The zero-order valence-corrected chi connectivity index (χ0v) is 10.5. The van der Waals surface area contributed by atoms with E-state index in [1.165, 1.54) is 19.3 Å². The highest BCUT2D eigenvalue weighted by atomic mass is 16.5. The Balaban J connectivity index is 1.95. The van der Waals surface area contributed by atoms with Crippen molar-refractivity contribution in [1.82, 2.24) is 10.3 Å². The van der Waals surface area contributed by atoms with Gasteiger partial charge in [-0.3, -0.25) is 16.2 Å². The van der Waals surface area contributed by atoms with E-state index in [-0.39, 0.29) is 5.54 Å². The molecule has 1 heterocycles. The molecule has 0 aromatic carbocycles. The van der Waals surface area contributed by atoms with Crippen LogP contribution in [0.3, 0.4) is 0 Å². The number of hydrogen-bond acceptors (Lipinski definition) is 4. The molecule has 94 valence electrons. The fourth-order valence-electron chi connectivity index (χ4n) is 2.61. The molecule has 1 atom stereocenters. The van der Waals surface area contributed by atoms with E-state index in [1.807, 2.05) is 0 Å². The van der Waals surface area contributed by atoms with Crippen LogP contribution in [0.25, 0.3) is 0 Å². The van der Waals surface area contributed by atoms with Crippen molar-refractivity contribution in [2.75, 3.05) is 26.3 Å². The Bertz CT molecular complexity index is 222. The van der Waals surface area contributed by atoms with E-state index in [0.29, 0.717) is 6.04 Å². The first-order valence-electron chi connectivity index (χ1n) is 6.43. The Morgan fingerprint density at radius 2 is 2.00 bits per heavy atom. The van der Waals surface area contributed by atoms with Crippen molar-refractivity contribution in [3.8, 4) is 0 Å². The molecule has 0 aromatic heterocycles. The predicted octanol–water partition coefficient (Wildman–Crippen LogP) is 0.729. The number of nitrogens with zero attached hydrogens (tertiary/aromatic N) is 1. The van der Waals surface area contributed by atoms with Gasteiger partial charge in [0.25, 0.3) is 0 Å². The van der Waals surface area contributed by atoms with Crippen molar-refractivity contribution in [3.05, 3.63) is 0 Å². The number of rotatable bonds is 5. The van der Waals surface area contributed by atoms with Crippen molar-refractivity contribution >= 4 is 0 Å². The van der Waals surface area contributed by atoms with Crippen molar-refractivity contribution in [2.24, 2.45) is 11.8 Å². The Labute approximate surface area is 98.5 Å². The smallest absolute Gasteiger partial charge is 0.0594 e. The van der Waals surface area contributed by atoms with Gasteiger partial charge in [0.15, 0.2) is 0 Å². The average molecular weight is 227 g/mol. The number of nitrogens with one attached hydrogen (secondary N) is 1. The zero-order chi connectivity index (χ0) is 11.6. The number of nitrogens with two attached hydrogens (primary N) is 1. The molecule has 0 aromatic rings. The maximum atomic E-state index is 5.73. The van der Waals surface area contributed by atoms with E-state index in [1.54, 1.807) is 0 Å². The highest BCUT2D eigenvalue weighted by molar-refractivity contribution is 4.96. The summed E-state index contributed by atoms with van der Waals surface area (Å²) in [6.07, 6.45) is 3.98. The van der Waals surface area contributed by atoms with Crippen molar-refractivity contribution in [1.29, 1.82) is 0 Å². The molecule has 4 nitrogen and oxygen atoms in total. The molecule has 4 heteroatoms. The second-order valence-electron chi connectivity index (χ2n) is 5.65. The van der Waals surface area contributed by atoms with Crippen LogP contribution in [-0.4, -0.2) is 42.8 Å². The predicted molar refractivity (Wildman–Crippen MR) is 64.9 cm³/mol. The first-order chi connectivity index (χ1) is 7.64. The molecule has 3 N–H and O–H groups in total. The van der Waals surface area contributed by atoms with Crippen LogP contribution >= 0.6 is 0 Å². The van der Waals surface area contributed by atoms with Gasteiger partial charge in [0.2, 0.25) is 0 Å². The lowest BCUT2D eigenvalue weighted by atomic mass is 9.88. The van der Waals surface area contributed by atoms with E-state index in [0.717, 1.165) is 32.2 Å². The number of hydrazine groups is 1. The van der Waals surface area contributed by atoms with Crippen LogP contribution < -0.4 is 11.3 Å². The molecule has 1 aliphatic carbocycles. The summed E-state index contributed by atoms with van der Waals surface area (Å²) in [4.78, 5) is 2.50. The van der Waals surface area contributed by atoms with Crippen LogP contribution in [0.2, 0.25) is 0 Å². The summed E-state index contributed by atoms with van der Waals surface area (Å²) < 4.78 is 5.41. The highest BCUT2D eigenvalue weighted by Crippen LogP contribution is 2.36. The van der Waals surface area contributed by atoms with Gasteiger partial charge in [-0.1, -0.05) is 12.8 Å². The lowest BCUT2D eigenvalue weighted by Gasteiger charge is -2.45. The minimum atomic E-state index is 0.126. The maximum absolute atomic E-state index is 5.73. The fourth-order valence-corrected chi connectivity index (χ4v) is 2.61. The van der Waals surface area contributed by atoms with Crippen molar-refractivity contribution < 1.29 is 4.74 Å². The van der Waals surface area contributed by atoms with Gasteiger partial charge in [-0.15, -0.1) is 0 Å². The fraction of sp³-hybridized carbons (Fsp3) is 1.00. The molecular formula is C12H25N3O. The Morgan fingerprint density at radius 3 is 2.50 bits per heavy atom. The summed E-state index contributed by atoms with van der Waals surface area (Å²) >= 11 is 0. The van der Waals surface area contributed by atoms with Gasteiger partial charge in [-0.05, 0) is 26.2 Å². The standard InChI is InChI=1S/C12H25N3O/c1-12(2,15-5-7-16-8-6-15)11(14-13)9-10-3-4-10/h10-11,14H,3-9,13H2,1-2H3. The van der Waals surface area contributed by atoms with Crippen LogP contribution in [0.5, 0.6) is 0 Å². The van der Waals surface area contributed by atoms with Gasteiger partial charge in [0.05, 0.1) is 13.2 Å². The third-order valence-electron chi connectivity index (χ3n) is 4.15. The van der Waals surface area contributed by atoms with Crippen molar-refractivity contribution in [2.45, 2.75) is 44.7 Å². The second kappa shape index (κ2) is 5.00. The zero-order valence-electron chi connectivity index (χ0n) is 10.5. The molecule has 1 saturated heterocycles. The minimum Gasteiger partial charge on any atom is -0.379 e. The van der Waals surface area contributed by atoms with Gasteiger partial charge in [0, 0.05) is 24.7 Å². The number of morpholine rings is 1. The van der Waals surface area contributed by atoms with Crippen molar-refractivity contribution in [3.63, 3.8) is 0 Å². The summed E-state index contributed by atoms with van der Waals surface area (Å²) in [5, 5.41) is 0. The Morgan fingerprint density at radius 1 is 1.38 bits per heavy atom. The molecule has 0 radical (unpaired) electrons. The van der Waals surface area contributed by atoms with Gasteiger partial charge in [-0.2, -0.15) is 0 Å². The molecule has 2 fully saturated rings. The number of hydrogen-bond donors (Lipinski definition) is 2. The van der Waals surface area contributed by atoms with E-state index in [9.17, 15) is 0 Å². The first-order valence-corrected chi connectivity index (χ1v) is 6.43. The number of ether oxygens (including phenoxy) is 1. The highest BCUT2D eigenvalue weighted by Gasteiger charge is 2.38. The Kier molecular flexibility index (Phi) is 3.85. The molecule has 2 aliphatic rings. The molecular weight excluding hydrogens is 202 g/mol. The van der Waals surface area contributed by atoms with E-state index in [2.05, 4.69) is 24.2 Å². The molecule has 16 heavy (non-hydrogen) atoms. The normalized spacial score (nSPS) is 25.7. The van der Waals surface area contributed by atoms with E-state index in [4.69, 9.17) is 10.6 Å². The van der Waals surface area contributed by atoms with Gasteiger partial charge in [0.1, 0.15) is 0 Å². The van der Waals surface area contributed by atoms with E-state index >= 15 is 0 Å². The van der Waals surface area contributed by atoms with Crippen LogP contribution in [-0.2, 0) is 4.74 Å². The maximum Gasteiger partial charge on any atom is 0.0594 e. The van der Waals surface area contributed by atoms with Crippen LogP contribution in [0.4, 0.5) is 0 Å². The summed E-state index contributed by atoms with van der Waals surface area (Å²) in [6, 6.07) is 0.387. The summed E-state index contributed by atoms with van der Waals surface area (Å²) in [5.41, 5.74) is 3.15. The molecule has 0 amide bonds.